The van der Waals surface area contributed by atoms with E-state index in [4.69, 9.17) is 23.2 Å². The molecule has 110 valence electrons. The van der Waals surface area contributed by atoms with E-state index in [9.17, 15) is 9.90 Å². The molecule has 1 heterocycles. The van der Waals surface area contributed by atoms with Crippen LogP contribution in [0.5, 0.6) is 0 Å². The van der Waals surface area contributed by atoms with Crippen LogP contribution in [0.15, 0.2) is 42.6 Å². The number of carbonyl (C=O) groups excluding carboxylic acids is 1. The molecule has 21 heavy (non-hydrogen) atoms. The second kappa shape index (κ2) is 7.26. The molecule has 2 amide bonds. The third-order valence-electron chi connectivity index (χ3n) is 2.70. The van der Waals surface area contributed by atoms with Gasteiger partial charge >= 0.3 is 6.03 Å². The number of nitrogens with one attached hydrogen (secondary N) is 2. The van der Waals surface area contributed by atoms with E-state index >= 15 is 0 Å². The van der Waals surface area contributed by atoms with Gasteiger partial charge in [-0.3, -0.25) is 5.32 Å². The van der Waals surface area contributed by atoms with Gasteiger partial charge in [0.15, 0.2) is 0 Å². The summed E-state index contributed by atoms with van der Waals surface area (Å²) in [5.74, 6) is 0.417. The van der Waals surface area contributed by atoms with Crippen molar-refractivity contribution in [2.24, 2.45) is 0 Å². The highest BCUT2D eigenvalue weighted by molar-refractivity contribution is 6.36. The number of carbonyl (C=O) groups is 1. The number of hydrogen-bond acceptors (Lipinski definition) is 3. The fourth-order valence-corrected chi connectivity index (χ4v) is 2.37. The second-order valence-electron chi connectivity index (χ2n) is 4.20. The third kappa shape index (κ3) is 4.32. The van der Waals surface area contributed by atoms with Gasteiger partial charge in [0.2, 0.25) is 0 Å². The van der Waals surface area contributed by atoms with Gasteiger partial charge in [0.05, 0.1) is 6.10 Å². The third-order valence-corrected chi connectivity index (χ3v) is 3.35. The van der Waals surface area contributed by atoms with E-state index in [-0.39, 0.29) is 6.54 Å². The van der Waals surface area contributed by atoms with E-state index in [1.54, 1.807) is 42.6 Å². The largest absolute Gasteiger partial charge is 0.386 e. The van der Waals surface area contributed by atoms with Gasteiger partial charge in [-0.1, -0.05) is 35.3 Å². The number of pyridine rings is 1. The van der Waals surface area contributed by atoms with Crippen molar-refractivity contribution in [3.8, 4) is 0 Å². The average molecular weight is 326 g/mol. The van der Waals surface area contributed by atoms with E-state index in [0.29, 0.717) is 21.4 Å². The van der Waals surface area contributed by atoms with Crippen molar-refractivity contribution in [3.63, 3.8) is 0 Å². The van der Waals surface area contributed by atoms with Gasteiger partial charge in [0.25, 0.3) is 0 Å². The Labute approximate surface area is 131 Å². The first kappa shape index (κ1) is 15.6. The van der Waals surface area contributed by atoms with Crippen molar-refractivity contribution in [3.05, 3.63) is 58.2 Å². The first-order chi connectivity index (χ1) is 10.1. The summed E-state index contributed by atoms with van der Waals surface area (Å²) in [6, 6.07) is 9.60. The van der Waals surface area contributed by atoms with Crippen molar-refractivity contribution >= 4 is 35.1 Å². The monoisotopic (exact) mass is 325 g/mol. The minimum Gasteiger partial charge on any atom is -0.386 e. The zero-order chi connectivity index (χ0) is 15.2. The van der Waals surface area contributed by atoms with Crippen molar-refractivity contribution in [1.82, 2.24) is 10.3 Å². The van der Waals surface area contributed by atoms with E-state index < -0.39 is 12.1 Å². The number of benzene rings is 1. The highest BCUT2D eigenvalue weighted by Gasteiger charge is 2.16. The molecule has 0 fully saturated rings. The number of amides is 2. The van der Waals surface area contributed by atoms with E-state index in [0.717, 1.165) is 0 Å². The van der Waals surface area contributed by atoms with Crippen molar-refractivity contribution in [1.29, 1.82) is 0 Å². The first-order valence-corrected chi connectivity index (χ1v) is 6.91. The van der Waals surface area contributed by atoms with Gasteiger partial charge in [0, 0.05) is 28.4 Å². The molecule has 2 aromatic rings. The molecule has 0 spiro atoms. The smallest absolute Gasteiger partial charge is 0.320 e. The Morgan fingerprint density at radius 1 is 1.19 bits per heavy atom. The number of aliphatic hydroxyl groups excluding tert-OH is 1. The predicted octanol–water partition coefficient (Wildman–Crippen LogP) is 3.24. The van der Waals surface area contributed by atoms with Crippen molar-refractivity contribution in [2.75, 3.05) is 11.9 Å². The van der Waals surface area contributed by atoms with E-state index in [1.165, 1.54) is 0 Å². The Kier molecular flexibility index (Phi) is 5.38. The highest BCUT2D eigenvalue weighted by Crippen LogP contribution is 2.29. The Balaban J connectivity index is 1.92. The Bertz CT molecular complexity index is 603. The highest BCUT2D eigenvalue weighted by atomic mass is 35.5. The maximum absolute atomic E-state index is 11.7. The summed E-state index contributed by atoms with van der Waals surface area (Å²) in [6.45, 7) is -0.0257. The normalized spacial score (nSPS) is 11.8. The number of rotatable bonds is 4. The SMILES string of the molecule is O=C(NCC(O)c1c(Cl)cccc1Cl)Nc1ccccn1. The lowest BCUT2D eigenvalue weighted by Gasteiger charge is -2.15. The van der Waals surface area contributed by atoms with Crippen molar-refractivity contribution in [2.45, 2.75) is 6.10 Å². The minimum absolute atomic E-state index is 0.0257. The molecule has 2 rings (SSSR count). The number of aliphatic hydroxyl groups is 1. The van der Waals surface area contributed by atoms with Crippen LogP contribution in [-0.4, -0.2) is 22.7 Å². The zero-order valence-electron chi connectivity index (χ0n) is 10.9. The molecule has 1 atom stereocenters. The maximum atomic E-state index is 11.7. The molecular formula is C14H13Cl2N3O2. The summed E-state index contributed by atoms with van der Waals surface area (Å²) in [7, 11) is 0. The van der Waals surface area contributed by atoms with Gasteiger partial charge in [-0.25, -0.2) is 9.78 Å². The summed E-state index contributed by atoms with van der Waals surface area (Å²) in [6.07, 6.45) is 0.564. The molecule has 1 aromatic heterocycles. The molecule has 3 N–H and O–H groups in total. The summed E-state index contributed by atoms with van der Waals surface area (Å²) >= 11 is 12.0. The van der Waals surface area contributed by atoms with Gasteiger partial charge in [-0.2, -0.15) is 0 Å². The van der Waals surface area contributed by atoms with Gasteiger partial charge < -0.3 is 10.4 Å². The average Bonchev–Trinajstić information content (AvgIpc) is 2.46. The Morgan fingerprint density at radius 3 is 2.52 bits per heavy atom. The fraction of sp³-hybridized carbons (Fsp3) is 0.143. The van der Waals surface area contributed by atoms with Crippen LogP contribution >= 0.6 is 23.2 Å². The first-order valence-electron chi connectivity index (χ1n) is 6.16. The number of aromatic nitrogens is 1. The molecule has 0 saturated heterocycles. The van der Waals surface area contributed by atoms with Crippen LogP contribution in [-0.2, 0) is 0 Å². The van der Waals surface area contributed by atoms with Crippen LogP contribution in [0.2, 0.25) is 10.0 Å². The quantitative estimate of drug-likeness (QED) is 0.807. The Hall–Kier alpha value is -1.82. The van der Waals surface area contributed by atoms with E-state index in [1.807, 2.05) is 0 Å². The summed E-state index contributed by atoms with van der Waals surface area (Å²) < 4.78 is 0. The number of anilines is 1. The number of urea groups is 1. The molecule has 0 aliphatic rings. The molecule has 0 radical (unpaired) electrons. The molecule has 7 heteroatoms. The van der Waals surface area contributed by atoms with Crippen LogP contribution in [0.25, 0.3) is 0 Å². The standard InChI is InChI=1S/C14H13Cl2N3O2/c15-9-4-3-5-10(16)13(9)11(20)8-18-14(21)19-12-6-1-2-7-17-12/h1-7,11,20H,8H2,(H2,17,18,19,21). The lowest BCUT2D eigenvalue weighted by Crippen LogP contribution is -2.32. The fourth-order valence-electron chi connectivity index (χ4n) is 1.72. The topological polar surface area (TPSA) is 74.2 Å². The number of hydrogen-bond donors (Lipinski definition) is 3. The van der Waals surface area contributed by atoms with Crippen LogP contribution in [0.3, 0.4) is 0 Å². The Morgan fingerprint density at radius 2 is 1.90 bits per heavy atom. The van der Waals surface area contributed by atoms with Crippen LogP contribution < -0.4 is 10.6 Å². The van der Waals surface area contributed by atoms with E-state index in [2.05, 4.69) is 15.6 Å². The molecule has 0 saturated carbocycles. The molecule has 1 aromatic carbocycles. The lowest BCUT2D eigenvalue weighted by molar-refractivity contribution is 0.175. The maximum Gasteiger partial charge on any atom is 0.320 e. The molecule has 0 aliphatic heterocycles. The second-order valence-corrected chi connectivity index (χ2v) is 5.02. The van der Waals surface area contributed by atoms with Gasteiger partial charge in [-0.15, -0.1) is 0 Å². The predicted molar refractivity (Wildman–Crippen MR) is 82.7 cm³/mol. The minimum atomic E-state index is -0.999. The number of nitrogens with zero attached hydrogens (tertiary/aromatic N) is 1. The molecule has 1 unspecified atom stereocenters. The lowest BCUT2D eigenvalue weighted by atomic mass is 10.1. The molecule has 0 aliphatic carbocycles. The van der Waals surface area contributed by atoms with Gasteiger partial charge in [-0.05, 0) is 24.3 Å². The number of halogens is 2. The summed E-state index contributed by atoms with van der Waals surface area (Å²) in [4.78, 5) is 15.6. The molecular weight excluding hydrogens is 313 g/mol. The van der Waals surface area contributed by atoms with Crippen LogP contribution in [0.4, 0.5) is 10.6 Å². The summed E-state index contributed by atoms with van der Waals surface area (Å²) in [5.41, 5.74) is 0.388. The zero-order valence-corrected chi connectivity index (χ0v) is 12.4. The summed E-state index contributed by atoms with van der Waals surface area (Å²) in [5, 5.41) is 15.8. The van der Waals surface area contributed by atoms with Crippen molar-refractivity contribution < 1.29 is 9.90 Å². The van der Waals surface area contributed by atoms with Gasteiger partial charge in [0.1, 0.15) is 5.82 Å². The molecule has 0 bridgehead atoms. The molecule has 5 nitrogen and oxygen atoms in total. The van der Waals surface area contributed by atoms with Crippen LogP contribution in [0, 0.1) is 0 Å². The van der Waals surface area contributed by atoms with Crippen LogP contribution in [0.1, 0.15) is 11.7 Å².